The Hall–Kier alpha value is -1.96. The Labute approximate surface area is 277 Å². The van der Waals surface area contributed by atoms with Gasteiger partial charge in [-0.1, -0.05) is 33.4 Å². The number of sulfonamides is 1. The first-order valence-electron chi connectivity index (χ1n) is 15.8. The second-order valence-electron chi connectivity index (χ2n) is 14.0. The topological polar surface area (TPSA) is 158 Å². The summed E-state index contributed by atoms with van der Waals surface area (Å²) < 4.78 is 48.6. The second-order valence-corrected chi connectivity index (χ2v) is 16.0. The fourth-order valence-corrected chi connectivity index (χ4v) is 6.39. The fourth-order valence-electron chi connectivity index (χ4n) is 5.12. The van der Waals surface area contributed by atoms with E-state index in [-0.39, 0.29) is 36.3 Å². The number of hydrogen-bond donors (Lipinski definition) is 3. The molecule has 0 atom stereocenters. The first-order valence-corrected chi connectivity index (χ1v) is 17.4. The van der Waals surface area contributed by atoms with Gasteiger partial charge in [-0.05, 0) is 60.4 Å². The van der Waals surface area contributed by atoms with Crippen molar-refractivity contribution in [1.29, 1.82) is 0 Å². The van der Waals surface area contributed by atoms with Crippen LogP contribution in [-0.2, 0) is 43.4 Å². The maximum absolute atomic E-state index is 13.4. The third-order valence-corrected chi connectivity index (χ3v) is 9.14. The first kappa shape index (κ1) is 44.0. The lowest BCUT2D eigenvalue weighted by molar-refractivity contribution is -0.134. The summed E-state index contributed by atoms with van der Waals surface area (Å²) in [4.78, 5) is 37.2. The zero-order valence-electron chi connectivity index (χ0n) is 30.4. The van der Waals surface area contributed by atoms with E-state index in [2.05, 4.69) is 21.1 Å². The van der Waals surface area contributed by atoms with Crippen molar-refractivity contribution < 1.29 is 41.7 Å². The molecule has 268 valence electrons. The highest BCUT2D eigenvalue weighted by atomic mass is 32.2. The predicted octanol–water partition coefficient (Wildman–Crippen LogP) is 2.96. The average molecular weight is 676 g/mol. The summed E-state index contributed by atoms with van der Waals surface area (Å²) in [6, 6.07) is 0. The SMILES string of the molecule is CNS(=O)(=O)CC(C)(C)CC(C)(C)C(=O)C(C)(C)NCCOCCOCC(=O)C(C)(C)NCCOCCOC(C)=C=C(C)C(C)=O. The van der Waals surface area contributed by atoms with Gasteiger partial charge >= 0.3 is 0 Å². The normalized spacial score (nSPS) is 12.9. The minimum Gasteiger partial charge on any atom is -0.488 e. The van der Waals surface area contributed by atoms with Gasteiger partial charge in [0.1, 0.15) is 19.0 Å². The first-order chi connectivity index (χ1) is 21.0. The molecule has 0 amide bonds. The number of ketones is 3. The van der Waals surface area contributed by atoms with Crippen molar-refractivity contribution in [3.8, 4) is 0 Å². The van der Waals surface area contributed by atoms with Gasteiger partial charge < -0.3 is 29.6 Å². The molecular formula is C33H61N3O9S. The molecule has 0 saturated carbocycles. The number of carbonyl (C=O) groups is 3. The Balaban J connectivity index is 4.29. The molecule has 0 rings (SSSR count). The molecule has 0 aliphatic carbocycles. The van der Waals surface area contributed by atoms with Crippen LogP contribution >= 0.6 is 0 Å². The highest BCUT2D eigenvalue weighted by molar-refractivity contribution is 7.89. The minimum atomic E-state index is -3.41. The lowest BCUT2D eigenvalue weighted by Gasteiger charge is -2.39. The summed E-state index contributed by atoms with van der Waals surface area (Å²) in [6.45, 7) is 22.4. The standard InChI is InChI=1S/C33H61N3O9S/c1-25(27(3)37)21-26(2)45-20-19-43-15-13-35-32(8,9)28(38)22-44-18-17-42-16-14-36-33(10,11)29(39)31(6,7)23-30(4,5)24-46(40,41)34-12/h34-36H,13-20,22-24H2,1-12H3. The molecule has 0 aliphatic heterocycles. The smallest absolute Gasteiger partial charge is 0.211 e. The van der Waals surface area contributed by atoms with Gasteiger partial charge in [-0.15, -0.1) is 0 Å². The zero-order chi connectivity index (χ0) is 35.8. The summed E-state index contributed by atoms with van der Waals surface area (Å²) in [5.41, 5.74) is 0.419. The van der Waals surface area contributed by atoms with Gasteiger partial charge in [0.05, 0.1) is 49.9 Å². The van der Waals surface area contributed by atoms with Gasteiger partial charge in [0, 0.05) is 31.0 Å². The van der Waals surface area contributed by atoms with Crippen LogP contribution in [0.4, 0.5) is 0 Å². The Kier molecular flexibility index (Phi) is 18.9. The van der Waals surface area contributed by atoms with Crippen LogP contribution in [-0.4, -0.2) is 109 Å². The summed E-state index contributed by atoms with van der Waals surface area (Å²) in [5, 5.41) is 6.42. The molecule has 3 N–H and O–H groups in total. The van der Waals surface area contributed by atoms with Crippen LogP contribution < -0.4 is 15.4 Å². The van der Waals surface area contributed by atoms with Crippen LogP contribution in [0.1, 0.15) is 82.6 Å². The maximum Gasteiger partial charge on any atom is 0.211 e. The quantitative estimate of drug-likeness (QED) is 0.0536. The molecule has 46 heavy (non-hydrogen) atoms. The third kappa shape index (κ3) is 18.4. The predicted molar refractivity (Wildman–Crippen MR) is 180 cm³/mol. The van der Waals surface area contributed by atoms with Crippen LogP contribution in [0.2, 0.25) is 0 Å². The molecule has 0 unspecified atom stereocenters. The van der Waals surface area contributed by atoms with Crippen LogP contribution in [0.5, 0.6) is 0 Å². The van der Waals surface area contributed by atoms with Gasteiger partial charge in [0.25, 0.3) is 0 Å². The van der Waals surface area contributed by atoms with E-state index >= 15 is 0 Å². The lowest BCUT2D eigenvalue weighted by Crippen LogP contribution is -2.54. The fraction of sp³-hybridized carbons (Fsp3) is 0.818. The lowest BCUT2D eigenvalue weighted by atomic mass is 9.69. The molecule has 0 heterocycles. The molecule has 12 nitrogen and oxygen atoms in total. The van der Waals surface area contributed by atoms with Crippen molar-refractivity contribution in [2.75, 3.05) is 72.1 Å². The highest BCUT2D eigenvalue weighted by Crippen LogP contribution is 2.37. The van der Waals surface area contributed by atoms with Crippen LogP contribution in [0.25, 0.3) is 0 Å². The van der Waals surface area contributed by atoms with E-state index in [4.69, 9.17) is 18.9 Å². The molecule has 0 aliphatic rings. The Morgan fingerprint density at radius 2 is 1.22 bits per heavy atom. The molecule has 0 aromatic carbocycles. The number of rotatable bonds is 26. The summed E-state index contributed by atoms with van der Waals surface area (Å²) in [5.74, 6) is 0.302. The Morgan fingerprint density at radius 1 is 0.717 bits per heavy atom. The third-order valence-electron chi connectivity index (χ3n) is 7.36. The van der Waals surface area contributed by atoms with E-state index in [1.165, 1.54) is 14.0 Å². The van der Waals surface area contributed by atoms with Gasteiger partial charge in [-0.25, -0.2) is 13.1 Å². The van der Waals surface area contributed by atoms with E-state index < -0.39 is 31.9 Å². The van der Waals surface area contributed by atoms with E-state index in [1.54, 1.807) is 27.7 Å². The Bertz CT molecular complexity index is 1170. The van der Waals surface area contributed by atoms with Crippen molar-refractivity contribution in [1.82, 2.24) is 15.4 Å². The summed E-state index contributed by atoms with van der Waals surface area (Å²) in [7, 11) is -2.02. The van der Waals surface area contributed by atoms with Crippen LogP contribution in [0.3, 0.4) is 0 Å². The number of allylic oxidation sites excluding steroid dienone is 1. The van der Waals surface area contributed by atoms with E-state index in [0.717, 1.165) is 0 Å². The molecule has 13 heteroatoms. The molecule has 0 saturated heterocycles. The molecule has 0 radical (unpaired) electrons. The van der Waals surface area contributed by atoms with Crippen molar-refractivity contribution in [2.45, 2.75) is 93.7 Å². The second kappa shape index (κ2) is 19.8. The molecule has 0 aromatic rings. The van der Waals surface area contributed by atoms with Crippen molar-refractivity contribution in [2.24, 2.45) is 10.8 Å². The number of Topliss-reactive ketones (excluding diaryl/α,β-unsaturated/α-hetero) is 3. The summed E-state index contributed by atoms with van der Waals surface area (Å²) in [6.07, 6.45) is 0.410. The van der Waals surface area contributed by atoms with Crippen molar-refractivity contribution in [3.63, 3.8) is 0 Å². The van der Waals surface area contributed by atoms with E-state index in [1.807, 2.05) is 41.5 Å². The molecule has 0 spiro atoms. The van der Waals surface area contributed by atoms with Crippen molar-refractivity contribution >= 4 is 27.4 Å². The number of nitrogens with one attached hydrogen (secondary N) is 3. The monoisotopic (exact) mass is 675 g/mol. The van der Waals surface area contributed by atoms with E-state index in [9.17, 15) is 22.8 Å². The number of ether oxygens (including phenoxy) is 4. The summed E-state index contributed by atoms with van der Waals surface area (Å²) >= 11 is 0. The van der Waals surface area contributed by atoms with E-state index in [0.29, 0.717) is 63.9 Å². The molecule has 0 aromatic heterocycles. The van der Waals surface area contributed by atoms with Crippen molar-refractivity contribution in [3.05, 3.63) is 17.1 Å². The van der Waals surface area contributed by atoms with Gasteiger partial charge in [-0.2, -0.15) is 0 Å². The van der Waals surface area contributed by atoms with Crippen LogP contribution in [0.15, 0.2) is 17.1 Å². The van der Waals surface area contributed by atoms with Crippen LogP contribution in [0, 0.1) is 10.8 Å². The largest absolute Gasteiger partial charge is 0.488 e. The zero-order valence-corrected chi connectivity index (χ0v) is 31.2. The Morgan fingerprint density at radius 3 is 1.74 bits per heavy atom. The van der Waals surface area contributed by atoms with Gasteiger partial charge in [0.2, 0.25) is 10.0 Å². The highest BCUT2D eigenvalue weighted by Gasteiger charge is 2.42. The number of carbonyl (C=O) groups excluding carboxylic acids is 3. The minimum absolute atomic E-state index is 0.00808. The van der Waals surface area contributed by atoms with Gasteiger partial charge in [-0.3, -0.25) is 14.4 Å². The molecular weight excluding hydrogens is 614 g/mol. The average Bonchev–Trinajstić information content (AvgIpc) is 2.91. The molecule has 0 bridgehead atoms. The van der Waals surface area contributed by atoms with Gasteiger partial charge in [0.15, 0.2) is 17.3 Å². The molecule has 0 fully saturated rings. The number of hydrogen-bond acceptors (Lipinski definition) is 11. The maximum atomic E-state index is 13.4.